The molecule has 27 heavy (non-hydrogen) atoms. The van der Waals surface area contributed by atoms with Crippen LogP contribution >= 0.6 is 11.6 Å². The van der Waals surface area contributed by atoms with E-state index in [0.717, 1.165) is 6.26 Å². The fourth-order valence-electron chi connectivity index (χ4n) is 2.19. The van der Waals surface area contributed by atoms with Crippen LogP contribution in [0.4, 0.5) is 5.69 Å². The Hall–Kier alpha value is -2.64. The molecule has 0 aliphatic rings. The number of Topliss-reactive ketones (excluding diaryl/α,β-unsaturated/α-hetero) is 1. The lowest BCUT2D eigenvalue weighted by molar-refractivity contribution is -0.140. The highest BCUT2D eigenvalue weighted by Crippen LogP contribution is 2.17. The Morgan fingerprint density at radius 2 is 1.74 bits per heavy atom. The molecule has 142 valence electrons. The third-order valence-corrected chi connectivity index (χ3v) is 4.39. The lowest BCUT2D eigenvalue weighted by atomic mass is 10.1. The van der Waals surface area contributed by atoms with Gasteiger partial charge in [-0.3, -0.25) is 9.52 Å². The second kappa shape index (κ2) is 8.83. The van der Waals surface area contributed by atoms with E-state index in [9.17, 15) is 18.0 Å². The largest absolute Gasteiger partial charge is 0.451 e. The average molecular weight is 408 g/mol. The van der Waals surface area contributed by atoms with Crippen molar-refractivity contribution in [3.63, 3.8) is 0 Å². The van der Waals surface area contributed by atoms with Crippen LogP contribution in [0.5, 0.6) is 0 Å². The average Bonchev–Trinajstić information content (AvgIpc) is 2.59. The third-order valence-electron chi connectivity index (χ3n) is 3.44. The zero-order chi connectivity index (χ0) is 20.0. The van der Waals surface area contributed by atoms with Crippen LogP contribution in [0.25, 0.3) is 6.08 Å². The number of halogens is 1. The second-order valence-electron chi connectivity index (χ2n) is 5.75. The molecule has 0 saturated heterocycles. The summed E-state index contributed by atoms with van der Waals surface area (Å²) in [4.78, 5) is 24.2. The minimum absolute atomic E-state index is 0.296. The molecule has 2 aromatic carbocycles. The Kier molecular flexibility index (Phi) is 6.76. The summed E-state index contributed by atoms with van der Waals surface area (Å²) in [5.41, 5.74) is 1.29. The van der Waals surface area contributed by atoms with Crippen LogP contribution in [0.1, 0.15) is 22.8 Å². The summed E-state index contributed by atoms with van der Waals surface area (Å²) in [6.07, 6.45) is 2.74. The highest BCUT2D eigenvalue weighted by Gasteiger charge is 2.18. The molecule has 2 aromatic rings. The molecule has 0 radical (unpaired) electrons. The SMILES string of the molecule is CC(OC(=O)/C=C/c1ccccc1Cl)C(=O)c1ccc(NS(C)(=O)=O)cc1. The smallest absolute Gasteiger partial charge is 0.331 e. The molecule has 1 unspecified atom stereocenters. The van der Waals surface area contributed by atoms with Crippen molar-refractivity contribution >= 4 is 45.1 Å². The standard InChI is InChI=1S/C19H18ClNO5S/c1-13(26-18(22)12-9-14-5-3-4-6-17(14)20)19(23)15-7-10-16(11-8-15)21-27(2,24)25/h3-13,21H,1-2H3/b12-9+. The Morgan fingerprint density at radius 3 is 2.33 bits per heavy atom. The van der Waals surface area contributed by atoms with Gasteiger partial charge in [0.05, 0.1) is 6.26 Å². The van der Waals surface area contributed by atoms with Crippen molar-refractivity contribution in [2.75, 3.05) is 11.0 Å². The first-order valence-electron chi connectivity index (χ1n) is 7.91. The normalized spacial score (nSPS) is 12.6. The van der Waals surface area contributed by atoms with E-state index in [2.05, 4.69) is 4.72 Å². The molecule has 0 aliphatic carbocycles. The minimum atomic E-state index is -3.40. The number of nitrogens with one attached hydrogen (secondary N) is 1. The van der Waals surface area contributed by atoms with Crippen molar-refractivity contribution < 1.29 is 22.7 Å². The lowest BCUT2D eigenvalue weighted by Gasteiger charge is -2.11. The third kappa shape index (κ3) is 6.54. The maximum Gasteiger partial charge on any atom is 0.331 e. The summed E-state index contributed by atoms with van der Waals surface area (Å²) in [6.45, 7) is 1.46. The Bertz CT molecular complexity index is 968. The molecule has 0 saturated carbocycles. The van der Waals surface area contributed by atoms with E-state index in [-0.39, 0.29) is 0 Å². The molecule has 1 N–H and O–H groups in total. The quantitative estimate of drug-likeness (QED) is 0.430. The van der Waals surface area contributed by atoms with Gasteiger partial charge in [-0.25, -0.2) is 13.2 Å². The molecule has 0 amide bonds. The van der Waals surface area contributed by atoms with Crippen molar-refractivity contribution in [3.8, 4) is 0 Å². The zero-order valence-corrected chi connectivity index (χ0v) is 16.3. The number of hydrogen-bond donors (Lipinski definition) is 1. The molecule has 0 bridgehead atoms. The highest BCUT2D eigenvalue weighted by atomic mass is 35.5. The van der Waals surface area contributed by atoms with Gasteiger partial charge in [0.15, 0.2) is 6.10 Å². The molecular formula is C19H18ClNO5S. The van der Waals surface area contributed by atoms with Crippen molar-refractivity contribution in [3.05, 3.63) is 70.8 Å². The number of benzene rings is 2. The maximum atomic E-state index is 12.3. The van der Waals surface area contributed by atoms with E-state index in [1.54, 1.807) is 24.3 Å². The molecule has 0 heterocycles. The van der Waals surface area contributed by atoms with Gasteiger partial charge in [0.25, 0.3) is 0 Å². The van der Waals surface area contributed by atoms with Crippen LogP contribution < -0.4 is 4.72 Å². The fraction of sp³-hybridized carbons (Fsp3) is 0.158. The summed E-state index contributed by atoms with van der Waals surface area (Å²) in [5, 5.41) is 0.494. The van der Waals surface area contributed by atoms with Gasteiger partial charge in [-0.2, -0.15) is 0 Å². The summed E-state index contributed by atoms with van der Waals surface area (Å²) >= 11 is 6.00. The molecule has 2 rings (SSSR count). The van der Waals surface area contributed by atoms with E-state index >= 15 is 0 Å². The van der Waals surface area contributed by atoms with Crippen LogP contribution in [0.15, 0.2) is 54.6 Å². The second-order valence-corrected chi connectivity index (χ2v) is 7.91. The van der Waals surface area contributed by atoms with Crippen LogP contribution in [-0.2, 0) is 19.6 Å². The van der Waals surface area contributed by atoms with E-state index < -0.39 is 27.9 Å². The zero-order valence-electron chi connectivity index (χ0n) is 14.7. The first-order valence-corrected chi connectivity index (χ1v) is 10.2. The van der Waals surface area contributed by atoms with Gasteiger partial charge in [-0.1, -0.05) is 29.8 Å². The molecule has 0 spiro atoms. The molecule has 0 fully saturated rings. The van der Waals surface area contributed by atoms with Gasteiger partial charge >= 0.3 is 5.97 Å². The maximum absolute atomic E-state index is 12.3. The predicted octanol–water partition coefficient (Wildman–Crippen LogP) is 3.54. The Balaban J connectivity index is 1.98. The number of rotatable bonds is 7. The predicted molar refractivity (Wildman–Crippen MR) is 105 cm³/mol. The molecular weight excluding hydrogens is 390 g/mol. The Morgan fingerprint density at radius 1 is 1.11 bits per heavy atom. The van der Waals surface area contributed by atoms with Crippen molar-refractivity contribution in [2.24, 2.45) is 0 Å². The lowest BCUT2D eigenvalue weighted by Crippen LogP contribution is -2.23. The number of ketones is 1. The number of sulfonamides is 1. The number of ether oxygens (including phenoxy) is 1. The van der Waals surface area contributed by atoms with Gasteiger partial charge in [0, 0.05) is 22.3 Å². The van der Waals surface area contributed by atoms with Crippen LogP contribution in [-0.4, -0.2) is 32.5 Å². The van der Waals surface area contributed by atoms with Gasteiger partial charge < -0.3 is 4.74 Å². The van der Waals surface area contributed by atoms with Gasteiger partial charge in [-0.05, 0) is 48.9 Å². The van der Waals surface area contributed by atoms with Gasteiger partial charge in [0.2, 0.25) is 15.8 Å². The van der Waals surface area contributed by atoms with E-state index in [1.807, 2.05) is 0 Å². The number of carbonyl (C=O) groups excluding carboxylic acids is 2. The monoisotopic (exact) mass is 407 g/mol. The fourth-order valence-corrected chi connectivity index (χ4v) is 2.95. The van der Waals surface area contributed by atoms with E-state index in [0.29, 0.717) is 21.8 Å². The number of anilines is 1. The molecule has 8 heteroatoms. The van der Waals surface area contributed by atoms with Gasteiger partial charge in [0.1, 0.15) is 0 Å². The van der Waals surface area contributed by atoms with Crippen LogP contribution in [0, 0.1) is 0 Å². The summed E-state index contributed by atoms with van der Waals surface area (Å²) in [6, 6.07) is 12.8. The van der Waals surface area contributed by atoms with Crippen molar-refractivity contribution in [2.45, 2.75) is 13.0 Å². The Labute approximate surface area is 162 Å². The van der Waals surface area contributed by atoms with Crippen molar-refractivity contribution in [1.29, 1.82) is 0 Å². The van der Waals surface area contributed by atoms with Crippen LogP contribution in [0.3, 0.4) is 0 Å². The minimum Gasteiger partial charge on any atom is -0.451 e. The summed E-state index contributed by atoms with van der Waals surface area (Å²) in [5.74, 6) is -1.08. The van der Waals surface area contributed by atoms with E-state index in [4.69, 9.17) is 16.3 Å². The highest BCUT2D eigenvalue weighted by molar-refractivity contribution is 7.92. The van der Waals surface area contributed by atoms with Crippen LogP contribution in [0.2, 0.25) is 5.02 Å². The number of carbonyl (C=O) groups is 2. The molecule has 1 atom stereocenters. The molecule has 0 aliphatic heterocycles. The molecule has 0 aromatic heterocycles. The van der Waals surface area contributed by atoms with Crippen molar-refractivity contribution in [1.82, 2.24) is 0 Å². The van der Waals surface area contributed by atoms with Gasteiger partial charge in [-0.15, -0.1) is 0 Å². The molecule has 6 nitrogen and oxygen atoms in total. The first kappa shape index (κ1) is 20.7. The first-order chi connectivity index (χ1) is 12.7. The number of hydrogen-bond acceptors (Lipinski definition) is 5. The summed E-state index contributed by atoms with van der Waals surface area (Å²) < 4.78 is 29.8. The summed E-state index contributed by atoms with van der Waals surface area (Å²) in [7, 11) is -3.40. The number of esters is 1. The topological polar surface area (TPSA) is 89.5 Å². The van der Waals surface area contributed by atoms with E-state index in [1.165, 1.54) is 43.3 Å².